The van der Waals surface area contributed by atoms with Gasteiger partial charge in [0.05, 0.1) is 10.8 Å². The van der Waals surface area contributed by atoms with Crippen LogP contribution < -0.4 is 10.1 Å². The predicted octanol–water partition coefficient (Wildman–Crippen LogP) is 5.53. The van der Waals surface area contributed by atoms with Crippen LogP contribution in [0.1, 0.15) is 11.4 Å². The van der Waals surface area contributed by atoms with E-state index in [1.807, 2.05) is 6.92 Å². The fourth-order valence-electron chi connectivity index (χ4n) is 2.64. The van der Waals surface area contributed by atoms with Crippen molar-refractivity contribution in [1.29, 1.82) is 0 Å². The van der Waals surface area contributed by atoms with Crippen molar-refractivity contribution in [3.63, 3.8) is 0 Å². The Morgan fingerprint density at radius 2 is 2.10 bits per heavy atom. The van der Waals surface area contributed by atoms with Crippen LogP contribution in [0, 0.1) is 12.7 Å². The van der Waals surface area contributed by atoms with E-state index in [0.29, 0.717) is 34.0 Å². The Labute approximate surface area is 193 Å². The molecule has 0 spiro atoms. The van der Waals surface area contributed by atoms with Crippen LogP contribution in [0.5, 0.6) is 5.75 Å². The monoisotopic (exact) mass is 480 g/mol. The minimum atomic E-state index is -0.447. The van der Waals surface area contributed by atoms with Crippen molar-refractivity contribution in [3.8, 4) is 5.75 Å². The normalized spacial score (nSPS) is 10.7. The zero-order chi connectivity index (χ0) is 22.4. The average Bonchev–Trinajstić information content (AvgIpc) is 3.11. The number of thioether (sulfide) groups is 1. The molecule has 6 nitrogen and oxygen atoms in total. The second kappa shape index (κ2) is 10.7. The molecule has 2 aromatic carbocycles. The lowest BCUT2D eigenvalue weighted by atomic mass is 10.2. The van der Waals surface area contributed by atoms with E-state index in [1.54, 1.807) is 28.8 Å². The number of carbonyl (C=O) groups is 1. The van der Waals surface area contributed by atoms with E-state index in [4.69, 9.17) is 27.9 Å². The number of amides is 1. The summed E-state index contributed by atoms with van der Waals surface area (Å²) in [5, 5.41) is 12.4. The maximum absolute atomic E-state index is 13.2. The minimum absolute atomic E-state index is 0.0701. The number of nitrogens with one attached hydrogen (secondary N) is 1. The highest BCUT2D eigenvalue weighted by Crippen LogP contribution is 2.27. The quantitative estimate of drug-likeness (QED) is 0.322. The molecule has 1 N–H and O–H groups in total. The van der Waals surface area contributed by atoms with Crippen molar-refractivity contribution in [2.45, 2.75) is 25.2 Å². The first-order valence-electron chi connectivity index (χ1n) is 9.17. The number of aromatic nitrogens is 3. The lowest BCUT2D eigenvalue weighted by Crippen LogP contribution is -2.15. The van der Waals surface area contributed by atoms with Crippen LogP contribution in [-0.2, 0) is 17.9 Å². The summed E-state index contributed by atoms with van der Waals surface area (Å²) >= 11 is 13.3. The lowest BCUT2D eigenvalue weighted by molar-refractivity contribution is -0.113. The Morgan fingerprint density at radius 3 is 2.84 bits per heavy atom. The molecule has 10 heteroatoms. The van der Waals surface area contributed by atoms with Crippen molar-refractivity contribution in [2.24, 2.45) is 0 Å². The highest BCUT2D eigenvalue weighted by molar-refractivity contribution is 7.99. The van der Waals surface area contributed by atoms with E-state index in [9.17, 15) is 9.18 Å². The summed E-state index contributed by atoms with van der Waals surface area (Å²) in [4.78, 5) is 12.4. The van der Waals surface area contributed by atoms with Gasteiger partial charge in [0, 0.05) is 17.3 Å². The molecule has 0 aliphatic rings. The Balaban J connectivity index is 1.64. The molecule has 1 aromatic heterocycles. The third-order valence-electron chi connectivity index (χ3n) is 4.23. The van der Waals surface area contributed by atoms with Gasteiger partial charge in [-0.25, -0.2) is 4.39 Å². The number of hydrogen-bond acceptors (Lipinski definition) is 5. The average molecular weight is 481 g/mol. The van der Waals surface area contributed by atoms with Gasteiger partial charge in [-0.2, -0.15) is 0 Å². The number of rotatable bonds is 9. The highest BCUT2D eigenvalue weighted by atomic mass is 35.5. The zero-order valence-corrected chi connectivity index (χ0v) is 18.9. The number of benzene rings is 2. The smallest absolute Gasteiger partial charge is 0.234 e. The second-order valence-electron chi connectivity index (χ2n) is 6.41. The maximum atomic E-state index is 13.2. The van der Waals surface area contributed by atoms with Crippen molar-refractivity contribution in [2.75, 3.05) is 11.1 Å². The van der Waals surface area contributed by atoms with E-state index in [2.05, 4.69) is 22.1 Å². The van der Waals surface area contributed by atoms with Gasteiger partial charge in [0.25, 0.3) is 0 Å². The second-order valence-corrected chi connectivity index (χ2v) is 8.17. The molecule has 0 atom stereocenters. The highest BCUT2D eigenvalue weighted by Gasteiger charge is 2.15. The first-order chi connectivity index (χ1) is 14.9. The van der Waals surface area contributed by atoms with Gasteiger partial charge in [0.1, 0.15) is 18.2 Å². The molecule has 0 aliphatic carbocycles. The summed E-state index contributed by atoms with van der Waals surface area (Å²) in [5.41, 5.74) is 1.46. The molecule has 1 amide bonds. The number of nitrogens with zero attached hydrogens (tertiary/aromatic N) is 3. The van der Waals surface area contributed by atoms with Gasteiger partial charge < -0.3 is 10.1 Å². The SMILES string of the molecule is C=CCn1c(COc2ccc(F)cc2Cl)nnc1SCC(=O)Nc1cccc(Cl)c1C. The number of hydrogen-bond donors (Lipinski definition) is 1. The number of carbonyl (C=O) groups excluding carboxylic acids is 1. The van der Waals surface area contributed by atoms with E-state index in [1.165, 1.54) is 30.0 Å². The van der Waals surface area contributed by atoms with Crippen LogP contribution in [-0.4, -0.2) is 26.4 Å². The Kier molecular flexibility index (Phi) is 7.95. The molecule has 0 aliphatic heterocycles. The van der Waals surface area contributed by atoms with Gasteiger partial charge in [-0.05, 0) is 42.8 Å². The maximum Gasteiger partial charge on any atom is 0.234 e. The van der Waals surface area contributed by atoms with Gasteiger partial charge in [-0.1, -0.05) is 47.1 Å². The molecule has 31 heavy (non-hydrogen) atoms. The molecule has 0 bridgehead atoms. The summed E-state index contributed by atoms with van der Waals surface area (Å²) in [7, 11) is 0. The van der Waals surface area contributed by atoms with Crippen molar-refractivity contribution >= 4 is 46.6 Å². The molecule has 1 heterocycles. The molecule has 3 rings (SSSR count). The van der Waals surface area contributed by atoms with Crippen molar-refractivity contribution in [3.05, 3.63) is 76.3 Å². The van der Waals surface area contributed by atoms with Crippen LogP contribution >= 0.6 is 35.0 Å². The lowest BCUT2D eigenvalue weighted by Gasteiger charge is -2.11. The number of anilines is 1. The molecule has 0 saturated heterocycles. The fourth-order valence-corrected chi connectivity index (χ4v) is 3.80. The molecule has 0 radical (unpaired) electrons. The first kappa shape index (κ1) is 23.1. The molecule has 0 fully saturated rings. The number of ether oxygens (including phenoxy) is 1. The van der Waals surface area contributed by atoms with Gasteiger partial charge in [-0.15, -0.1) is 16.8 Å². The van der Waals surface area contributed by atoms with E-state index < -0.39 is 5.82 Å². The van der Waals surface area contributed by atoms with Crippen molar-refractivity contribution < 1.29 is 13.9 Å². The summed E-state index contributed by atoms with van der Waals surface area (Å²) in [6, 6.07) is 9.22. The predicted molar refractivity (Wildman–Crippen MR) is 122 cm³/mol. The van der Waals surface area contributed by atoms with Crippen LogP contribution in [0.3, 0.4) is 0 Å². The molecule has 162 valence electrons. The fraction of sp³-hybridized carbons (Fsp3) is 0.190. The van der Waals surface area contributed by atoms with E-state index in [0.717, 1.165) is 5.56 Å². The summed E-state index contributed by atoms with van der Waals surface area (Å²) < 4.78 is 20.6. The first-order valence-corrected chi connectivity index (χ1v) is 10.9. The van der Waals surface area contributed by atoms with Crippen LogP contribution in [0.15, 0.2) is 54.2 Å². The summed E-state index contributed by atoms with van der Waals surface area (Å²) in [5.74, 6) is 0.346. The van der Waals surface area contributed by atoms with E-state index in [-0.39, 0.29) is 23.3 Å². The van der Waals surface area contributed by atoms with Crippen molar-refractivity contribution in [1.82, 2.24) is 14.8 Å². The summed E-state index contributed by atoms with van der Waals surface area (Å²) in [6.45, 7) is 6.09. The van der Waals surface area contributed by atoms with Crippen LogP contribution in [0.4, 0.5) is 10.1 Å². The topological polar surface area (TPSA) is 69.0 Å². The van der Waals surface area contributed by atoms with Crippen LogP contribution in [0.25, 0.3) is 0 Å². The van der Waals surface area contributed by atoms with Gasteiger partial charge in [0.15, 0.2) is 11.0 Å². The molecule has 0 unspecified atom stereocenters. The molecule has 3 aromatic rings. The standard InChI is InChI=1S/C21H19Cl2FN4O2S/c1-3-9-28-19(11-30-18-8-7-14(24)10-16(18)23)26-27-21(28)31-12-20(29)25-17-6-4-5-15(22)13(17)2/h3-8,10H,1,9,11-12H2,2H3,(H,25,29). The third-order valence-corrected chi connectivity index (χ3v) is 5.90. The third kappa shape index (κ3) is 6.00. The molecular weight excluding hydrogens is 462 g/mol. The Bertz CT molecular complexity index is 1110. The van der Waals surface area contributed by atoms with Crippen LogP contribution in [0.2, 0.25) is 10.0 Å². The zero-order valence-electron chi connectivity index (χ0n) is 16.6. The Morgan fingerprint density at radius 1 is 1.29 bits per heavy atom. The largest absolute Gasteiger partial charge is 0.484 e. The van der Waals surface area contributed by atoms with Gasteiger partial charge in [-0.3, -0.25) is 9.36 Å². The molecule has 0 saturated carbocycles. The summed E-state index contributed by atoms with van der Waals surface area (Å²) in [6.07, 6.45) is 1.69. The number of halogens is 3. The molecular formula is C21H19Cl2FN4O2S. The van der Waals surface area contributed by atoms with E-state index >= 15 is 0 Å². The van der Waals surface area contributed by atoms with Gasteiger partial charge in [0.2, 0.25) is 5.91 Å². The minimum Gasteiger partial charge on any atom is -0.484 e. The number of allylic oxidation sites excluding steroid dienone is 1. The Hall–Kier alpha value is -2.55. The van der Waals surface area contributed by atoms with Gasteiger partial charge >= 0.3 is 0 Å².